The maximum Gasteiger partial charge on any atom is 0.237 e. The van der Waals surface area contributed by atoms with Gasteiger partial charge in [-0.25, -0.2) is 0 Å². The molecular formula is C15H12N6O2. The molecule has 0 amide bonds. The SMILES string of the molecule is COc1cc(OC)nc(-c2cccc(NN=C(C#N)C#N)c2)n1. The van der Waals surface area contributed by atoms with Crippen LogP contribution in [0.25, 0.3) is 11.4 Å². The molecule has 0 saturated carbocycles. The lowest BCUT2D eigenvalue weighted by molar-refractivity contribution is 0.372. The Labute approximate surface area is 132 Å². The average molecular weight is 308 g/mol. The predicted octanol–water partition coefficient (Wildman–Crippen LogP) is 1.98. The Morgan fingerprint density at radius 3 is 2.30 bits per heavy atom. The van der Waals surface area contributed by atoms with Gasteiger partial charge in [0.2, 0.25) is 17.5 Å². The Hall–Kier alpha value is -3.65. The quantitative estimate of drug-likeness (QED) is 0.663. The zero-order chi connectivity index (χ0) is 16.7. The highest BCUT2D eigenvalue weighted by molar-refractivity contribution is 6.10. The van der Waals surface area contributed by atoms with Crippen LogP contribution in [0.3, 0.4) is 0 Å². The summed E-state index contributed by atoms with van der Waals surface area (Å²) < 4.78 is 10.2. The van der Waals surface area contributed by atoms with Crippen LogP contribution in [0.2, 0.25) is 0 Å². The van der Waals surface area contributed by atoms with E-state index in [-0.39, 0.29) is 5.71 Å². The molecule has 1 heterocycles. The second-order valence-corrected chi connectivity index (χ2v) is 4.15. The van der Waals surface area contributed by atoms with Crippen molar-refractivity contribution in [2.75, 3.05) is 19.6 Å². The Kier molecular flexibility index (Phi) is 5.05. The van der Waals surface area contributed by atoms with Gasteiger partial charge in [0.05, 0.1) is 26.0 Å². The maximum atomic E-state index is 8.66. The van der Waals surface area contributed by atoms with Crippen molar-refractivity contribution in [2.45, 2.75) is 0 Å². The summed E-state index contributed by atoms with van der Waals surface area (Å²) in [5.41, 5.74) is 3.64. The first-order valence-corrected chi connectivity index (χ1v) is 6.41. The second-order valence-electron chi connectivity index (χ2n) is 4.15. The summed E-state index contributed by atoms with van der Waals surface area (Å²) in [6.45, 7) is 0. The smallest absolute Gasteiger partial charge is 0.237 e. The number of methoxy groups -OCH3 is 2. The van der Waals surface area contributed by atoms with Gasteiger partial charge in [0, 0.05) is 5.56 Å². The third kappa shape index (κ3) is 3.93. The lowest BCUT2D eigenvalue weighted by Gasteiger charge is -2.07. The molecule has 0 spiro atoms. The van der Waals surface area contributed by atoms with Crippen molar-refractivity contribution in [1.82, 2.24) is 9.97 Å². The third-order valence-corrected chi connectivity index (χ3v) is 2.73. The molecule has 0 bridgehead atoms. The van der Waals surface area contributed by atoms with E-state index in [0.717, 1.165) is 0 Å². The summed E-state index contributed by atoms with van der Waals surface area (Å²) in [7, 11) is 3.01. The van der Waals surface area contributed by atoms with Crippen molar-refractivity contribution >= 4 is 11.4 Å². The first-order chi connectivity index (χ1) is 11.2. The molecule has 0 unspecified atom stereocenters. The van der Waals surface area contributed by atoms with Gasteiger partial charge in [-0.2, -0.15) is 25.6 Å². The summed E-state index contributed by atoms with van der Waals surface area (Å²) in [5, 5.41) is 21.0. The molecule has 0 radical (unpaired) electrons. The van der Waals surface area contributed by atoms with Gasteiger partial charge >= 0.3 is 0 Å². The lowest BCUT2D eigenvalue weighted by atomic mass is 10.2. The molecule has 23 heavy (non-hydrogen) atoms. The zero-order valence-corrected chi connectivity index (χ0v) is 12.4. The normalized spacial score (nSPS) is 9.22. The number of anilines is 1. The molecule has 0 saturated heterocycles. The average Bonchev–Trinajstić information content (AvgIpc) is 2.62. The van der Waals surface area contributed by atoms with E-state index in [2.05, 4.69) is 20.5 Å². The van der Waals surface area contributed by atoms with Crippen LogP contribution in [-0.4, -0.2) is 29.9 Å². The number of hydrogen-bond donors (Lipinski definition) is 1. The van der Waals surface area contributed by atoms with E-state index in [9.17, 15) is 0 Å². The Bertz CT molecular complexity index is 781. The fourth-order valence-corrected chi connectivity index (χ4v) is 1.67. The molecule has 0 fully saturated rings. The summed E-state index contributed by atoms with van der Waals surface area (Å²) >= 11 is 0. The van der Waals surface area contributed by atoms with E-state index in [1.165, 1.54) is 14.2 Å². The molecule has 1 aromatic carbocycles. The largest absolute Gasteiger partial charge is 0.481 e. The van der Waals surface area contributed by atoms with Crippen LogP contribution in [0.4, 0.5) is 5.69 Å². The van der Waals surface area contributed by atoms with E-state index >= 15 is 0 Å². The lowest BCUT2D eigenvalue weighted by Crippen LogP contribution is -1.98. The Balaban J connectivity index is 2.35. The number of nitriles is 2. The van der Waals surface area contributed by atoms with Crippen molar-refractivity contribution in [2.24, 2.45) is 5.10 Å². The molecule has 0 aliphatic heterocycles. The number of rotatable bonds is 5. The van der Waals surface area contributed by atoms with E-state index < -0.39 is 0 Å². The molecule has 0 atom stereocenters. The fourth-order valence-electron chi connectivity index (χ4n) is 1.67. The highest BCUT2D eigenvalue weighted by Gasteiger charge is 2.08. The van der Waals surface area contributed by atoms with Crippen molar-refractivity contribution < 1.29 is 9.47 Å². The van der Waals surface area contributed by atoms with Crippen LogP contribution >= 0.6 is 0 Å². The van der Waals surface area contributed by atoms with Gasteiger partial charge in [0.15, 0.2) is 5.82 Å². The van der Waals surface area contributed by atoms with Crippen molar-refractivity contribution in [3.8, 4) is 35.3 Å². The van der Waals surface area contributed by atoms with Crippen LogP contribution in [-0.2, 0) is 0 Å². The summed E-state index contributed by atoms with van der Waals surface area (Å²) in [5.74, 6) is 1.16. The van der Waals surface area contributed by atoms with E-state index in [4.69, 9.17) is 20.0 Å². The maximum absolute atomic E-state index is 8.66. The number of nitrogens with one attached hydrogen (secondary N) is 1. The number of aromatic nitrogens is 2. The minimum absolute atomic E-state index is 0.269. The van der Waals surface area contributed by atoms with E-state index in [0.29, 0.717) is 28.8 Å². The fraction of sp³-hybridized carbons (Fsp3) is 0.133. The number of hydrazone groups is 1. The molecule has 2 rings (SSSR count). The molecule has 2 aromatic rings. The standard InChI is InChI=1S/C15H12N6O2/c1-22-13-7-14(23-2)19-15(18-13)10-4-3-5-11(6-10)20-21-12(8-16)9-17/h3-7,20H,1-2H3. The third-order valence-electron chi connectivity index (χ3n) is 2.73. The van der Waals surface area contributed by atoms with Gasteiger partial charge < -0.3 is 9.47 Å². The Morgan fingerprint density at radius 1 is 1.09 bits per heavy atom. The van der Waals surface area contributed by atoms with Gasteiger partial charge in [0.25, 0.3) is 0 Å². The highest BCUT2D eigenvalue weighted by atomic mass is 16.5. The van der Waals surface area contributed by atoms with Crippen LogP contribution in [0.1, 0.15) is 0 Å². The molecule has 1 aromatic heterocycles. The van der Waals surface area contributed by atoms with E-state index in [1.807, 2.05) is 0 Å². The topological polar surface area (TPSA) is 116 Å². The molecule has 8 heteroatoms. The van der Waals surface area contributed by atoms with E-state index in [1.54, 1.807) is 42.5 Å². The summed E-state index contributed by atoms with van der Waals surface area (Å²) in [6, 6.07) is 11.9. The number of ether oxygens (including phenoxy) is 2. The van der Waals surface area contributed by atoms with Crippen LogP contribution in [0.5, 0.6) is 11.8 Å². The van der Waals surface area contributed by atoms with Gasteiger partial charge in [-0.15, -0.1) is 0 Å². The highest BCUT2D eigenvalue weighted by Crippen LogP contribution is 2.24. The summed E-state index contributed by atoms with van der Waals surface area (Å²) in [6.07, 6.45) is 0. The first kappa shape index (κ1) is 15.7. The molecule has 1 N–H and O–H groups in total. The van der Waals surface area contributed by atoms with Gasteiger partial charge in [-0.3, -0.25) is 5.43 Å². The van der Waals surface area contributed by atoms with Gasteiger partial charge in [-0.1, -0.05) is 12.1 Å². The second kappa shape index (κ2) is 7.38. The van der Waals surface area contributed by atoms with Crippen molar-refractivity contribution in [3.05, 3.63) is 30.3 Å². The van der Waals surface area contributed by atoms with Gasteiger partial charge in [-0.05, 0) is 12.1 Å². The van der Waals surface area contributed by atoms with Crippen LogP contribution in [0, 0.1) is 22.7 Å². The molecular weight excluding hydrogens is 296 g/mol. The minimum atomic E-state index is -0.269. The number of hydrogen-bond acceptors (Lipinski definition) is 8. The minimum Gasteiger partial charge on any atom is -0.481 e. The van der Waals surface area contributed by atoms with Crippen LogP contribution < -0.4 is 14.9 Å². The zero-order valence-electron chi connectivity index (χ0n) is 12.4. The summed E-state index contributed by atoms with van der Waals surface area (Å²) in [4.78, 5) is 8.51. The predicted molar refractivity (Wildman–Crippen MR) is 82.9 cm³/mol. The monoisotopic (exact) mass is 308 g/mol. The molecule has 0 aliphatic rings. The molecule has 0 aliphatic carbocycles. The molecule has 114 valence electrons. The number of nitrogens with zero attached hydrogens (tertiary/aromatic N) is 5. The van der Waals surface area contributed by atoms with Gasteiger partial charge in [0.1, 0.15) is 12.1 Å². The number of benzene rings is 1. The molecule has 8 nitrogen and oxygen atoms in total. The Morgan fingerprint density at radius 2 is 1.74 bits per heavy atom. The van der Waals surface area contributed by atoms with Crippen molar-refractivity contribution in [3.63, 3.8) is 0 Å². The first-order valence-electron chi connectivity index (χ1n) is 6.41. The van der Waals surface area contributed by atoms with Crippen molar-refractivity contribution in [1.29, 1.82) is 10.5 Å². The van der Waals surface area contributed by atoms with Crippen LogP contribution in [0.15, 0.2) is 35.4 Å².